The van der Waals surface area contributed by atoms with Crippen molar-refractivity contribution in [1.29, 1.82) is 0 Å². The average Bonchev–Trinajstić information content (AvgIpc) is 3.32. The number of thiophene rings is 1. The van der Waals surface area contributed by atoms with Crippen LogP contribution in [0.3, 0.4) is 0 Å². The fourth-order valence-electron chi connectivity index (χ4n) is 2.52. The maximum Gasteiger partial charge on any atom is 0.330 e. The molecule has 2 aromatic rings. The van der Waals surface area contributed by atoms with Gasteiger partial charge in [-0.2, -0.15) is 0 Å². The number of imide groups is 1. The Bertz CT molecular complexity index is 1010. The van der Waals surface area contributed by atoms with E-state index in [1.165, 1.54) is 17.4 Å². The lowest BCUT2D eigenvalue weighted by Gasteiger charge is -2.12. The van der Waals surface area contributed by atoms with Crippen molar-refractivity contribution >= 4 is 64.0 Å². The predicted octanol–water partition coefficient (Wildman–Crippen LogP) is 4.00. The van der Waals surface area contributed by atoms with E-state index in [-0.39, 0.29) is 6.54 Å². The van der Waals surface area contributed by atoms with Gasteiger partial charge in [-0.05, 0) is 60.0 Å². The third-order valence-corrected chi connectivity index (χ3v) is 5.61. The molecule has 1 aliphatic rings. The zero-order valence-electron chi connectivity index (χ0n) is 16.0. The number of hydrogen-bond donors (Lipinski definition) is 1. The van der Waals surface area contributed by atoms with E-state index in [1.54, 1.807) is 43.3 Å². The van der Waals surface area contributed by atoms with Gasteiger partial charge in [0.2, 0.25) is 5.91 Å². The molecule has 0 unspecified atom stereocenters. The Labute approximate surface area is 181 Å². The number of thioether (sulfide) groups is 1. The zero-order valence-corrected chi connectivity index (χ0v) is 17.6. The Hall–Kier alpha value is -3.17. The first-order valence-electron chi connectivity index (χ1n) is 9.00. The van der Waals surface area contributed by atoms with Crippen molar-refractivity contribution in [2.45, 2.75) is 6.92 Å². The minimum absolute atomic E-state index is 0.299. The van der Waals surface area contributed by atoms with Crippen LogP contribution >= 0.6 is 23.1 Å². The molecule has 7 nitrogen and oxygen atoms in total. The third-order valence-electron chi connectivity index (χ3n) is 3.88. The highest BCUT2D eigenvalue weighted by molar-refractivity contribution is 8.18. The van der Waals surface area contributed by atoms with Gasteiger partial charge in [0.1, 0.15) is 6.54 Å². The second-order valence-corrected chi connectivity index (χ2v) is 8.01. The molecule has 9 heteroatoms. The molecule has 1 aromatic heterocycles. The number of anilines is 1. The third kappa shape index (κ3) is 5.68. The smallest absolute Gasteiger partial charge is 0.330 e. The quantitative estimate of drug-likeness (QED) is 0.515. The van der Waals surface area contributed by atoms with Crippen LogP contribution in [0.5, 0.6) is 0 Å². The highest BCUT2D eigenvalue weighted by Gasteiger charge is 2.36. The van der Waals surface area contributed by atoms with Crippen LogP contribution < -0.4 is 5.32 Å². The number of amides is 3. The molecule has 154 valence electrons. The molecule has 0 radical (unpaired) electrons. The summed E-state index contributed by atoms with van der Waals surface area (Å²) in [5, 5.41) is 4.06. The van der Waals surface area contributed by atoms with E-state index in [0.717, 1.165) is 27.1 Å². The molecule has 1 aliphatic heterocycles. The molecule has 3 rings (SSSR count). The Balaban J connectivity index is 1.57. The van der Waals surface area contributed by atoms with Crippen molar-refractivity contribution in [1.82, 2.24) is 4.90 Å². The highest BCUT2D eigenvalue weighted by atomic mass is 32.2. The summed E-state index contributed by atoms with van der Waals surface area (Å²) in [7, 11) is 0. The van der Waals surface area contributed by atoms with E-state index < -0.39 is 23.0 Å². The number of hydrogen-bond acceptors (Lipinski definition) is 7. The van der Waals surface area contributed by atoms with Gasteiger partial charge in [0, 0.05) is 16.6 Å². The Kier molecular flexibility index (Phi) is 7.21. The van der Waals surface area contributed by atoms with Crippen molar-refractivity contribution in [3.63, 3.8) is 0 Å². The number of esters is 1. The number of carbonyl (C=O) groups excluding carboxylic acids is 4. The second kappa shape index (κ2) is 10.0. The average molecular weight is 443 g/mol. The lowest BCUT2D eigenvalue weighted by atomic mass is 10.2. The molecule has 0 spiro atoms. The van der Waals surface area contributed by atoms with Crippen LogP contribution in [0, 0.1) is 0 Å². The Morgan fingerprint density at radius 1 is 1.17 bits per heavy atom. The number of nitrogens with one attached hydrogen (secondary N) is 1. The monoisotopic (exact) mass is 442 g/mol. The molecule has 0 saturated carbocycles. The molecule has 0 bridgehead atoms. The van der Waals surface area contributed by atoms with Crippen LogP contribution in [0.2, 0.25) is 0 Å². The van der Waals surface area contributed by atoms with Crippen molar-refractivity contribution in [3.8, 4) is 0 Å². The minimum Gasteiger partial charge on any atom is -0.463 e. The Morgan fingerprint density at radius 2 is 1.93 bits per heavy atom. The van der Waals surface area contributed by atoms with Gasteiger partial charge < -0.3 is 10.1 Å². The van der Waals surface area contributed by atoms with Crippen molar-refractivity contribution in [2.24, 2.45) is 0 Å². The molecule has 0 aliphatic carbocycles. The van der Waals surface area contributed by atoms with Gasteiger partial charge in [0.15, 0.2) is 0 Å². The van der Waals surface area contributed by atoms with E-state index in [4.69, 9.17) is 4.74 Å². The maximum absolute atomic E-state index is 12.4. The molecule has 0 atom stereocenters. The normalized spacial score (nSPS) is 15.2. The van der Waals surface area contributed by atoms with E-state index in [1.807, 2.05) is 17.5 Å². The summed E-state index contributed by atoms with van der Waals surface area (Å²) in [4.78, 5) is 50.3. The first kappa shape index (κ1) is 21.5. The first-order chi connectivity index (χ1) is 14.5. The van der Waals surface area contributed by atoms with E-state index in [9.17, 15) is 19.2 Å². The van der Waals surface area contributed by atoms with Crippen LogP contribution in [0.25, 0.3) is 12.2 Å². The summed E-state index contributed by atoms with van der Waals surface area (Å²) in [6, 6.07) is 10.5. The van der Waals surface area contributed by atoms with Crippen molar-refractivity contribution < 1.29 is 23.9 Å². The first-order valence-corrected chi connectivity index (χ1v) is 10.7. The molecule has 3 amide bonds. The molecular formula is C21H18N2O5S2. The summed E-state index contributed by atoms with van der Waals surface area (Å²) < 4.78 is 4.81. The maximum atomic E-state index is 12.4. The molecule has 1 aromatic carbocycles. The van der Waals surface area contributed by atoms with Gasteiger partial charge >= 0.3 is 5.97 Å². The summed E-state index contributed by atoms with van der Waals surface area (Å²) in [5.74, 6) is -1.39. The van der Waals surface area contributed by atoms with E-state index >= 15 is 0 Å². The Morgan fingerprint density at radius 3 is 2.60 bits per heavy atom. The van der Waals surface area contributed by atoms with Gasteiger partial charge in [-0.25, -0.2) is 4.79 Å². The molecule has 1 fully saturated rings. The number of rotatable bonds is 7. The molecular weight excluding hydrogens is 424 g/mol. The number of carbonyl (C=O) groups is 4. The molecule has 1 saturated heterocycles. The predicted molar refractivity (Wildman–Crippen MR) is 118 cm³/mol. The molecule has 1 N–H and O–H groups in total. The molecule has 2 heterocycles. The summed E-state index contributed by atoms with van der Waals surface area (Å²) in [6.45, 7) is 1.67. The second-order valence-electron chi connectivity index (χ2n) is 6.04. The highest BCUT2D eigenvalue weighted by Crippen LogP contribution is 2.32. The van der Waals surface area contributed by atoms with Gasteiger partial charge in [0.05, 0.1) is 11.5 Å². The van der Waals surface area contributed by atoms with Gasteiger partial charge in [-0.3, -0.25) is 19.3 Å². The van der Waals surface area contributed by atoms with Gasteiger partial charge in [-0.1, -0.05) is 18.2 Å². The summed E-state index contributed by atoms with van der Waals surface area (Å²) in [6.07, 6.45) is 4.57. The van der Waals surface area contributed by atoms with E-state index in [2.05, 4.69) is 5.32 Å². The van der Waals surface area contributed by atoms with Crippen LogP contribution in [-0.4, -0.2) is 41.1 Å². The standard InChI is InChI=1S/C21H18N2O5S2/c1-2-28-19(25)10-7-14-5-8-15(9-6-14)22-18(24)13-23-20(26)17(30-21(23)27)12-16-4-3-11-29-16/h3-12H,2,13H2,1H3,(H,22,24)/b10-7+,17-12-. The van der Waals surface area contributed by atoms with Crippen molar-refractivity contribution in [2.75, 3.05) is 18.5 Å². The summed E-state index contributed by atoms with van der Waals surface area (Å²) in [5.41, 5.74) is 1.26. The zero-order chi connectivity index (χ0) is 21.5. The largest absolute Gasteiger partial charge is 0.463 e. The number of benzene rings is 1. The number of ether oxygens (including phenoxy) is 1. The van der Waals surface area contributed by atoms with E-state index in [0.29, 0.717) is 17.2 Å². The lowest BCUT2D eigenvalue weighted by molar-refractivity contribution is -0.137. The minimum atomic E-state index is -0.482. The number of nitrogens with zero attached hydrogens (tertiary/aromatic N) is 1. The van der Waals surface area contributed by atoms with Crippen molar-refractivity contribution in [3.05, 3.63) is 63.2 Å². The van der Waals surface area contributed by atoms with Gasteiger partial charge in [0.25, 0.3) is 11.1 Å². The SMILES string of the molecule is CCOC(=O)/C=C/c1ccc(NC(=O)CN2C(=O)S/C(=C\c3cccs3)C2=O)cc1. The topological polar surface area (TPSA) is 92.8 Å². The lowest BCUT2D eigenvalue weighted by Crippen LogP contribution is -2.36. The van der Waals surface area contributed by atoms with Crippen LogP contribution in [0.1, 0.15) is 17.4 Å². The van der Waals surface area contributed by atoms with Crippen LogP contribution in [0.15, 0.2) is 52.8 Å². The fourth-order valence-corrected chi connectivity index (χ4v) is 4.08. The van der Waals surface area contributed by atoms with Crippen LogP contribution in [0.4, 0.5) is 10.5 Å². The molecule has 30 heavy (non-hydrogen) atoms. The fraction of sp³-hybridized carbons (Fsp3) is 0.143. The summed E-state index contributed by atoms with van der Waals surface area (Å²) >= 11 is 2.28. The van der Waals surface area contributed by atoms with Gasteiger partial charge in [-0.15, -0.1) is 11.3 Å². The van der Waals surface area contributed by atoms with Crippen LogP contribution in [-0.2, 0) is 19.1 Å².